The Morgan fingerprint density at radius 3 is 2.53 bits per heavy atom. The van der Waals surface area contributed by atoms with Crippen LogP contribution in [0.2, 0.25) is 0 Å². The third kappa shape index (κ3) is 3.24. The van der Waals surface area contributed by atoms with Gasteiger partial charge < -0.3 is 4.90 Å². The summed E-state index contributed by atoms with van der Waals surface area (Å²) in [4.78, 5) is 54.1. The maximum absolute atomic E-state index is 13.6. The van der Waals surface area contributed by atoms with Crippen molar-refractivity contribution in [3.63, 3.8) is 0 Å². The summed E-state index contributed by atoms with van der Waals surface area (Å²) in [7, 11) is 0. The van der Waals surface area contributed by atoms with E-state index in [0.717, 1.165) is 4.90 Å². The molecule has 34 heavy (non-hydrogen) atoms. The van der Waals surface area contributed by atoms with Gasteiger partial charge >= 0.3 is 0 Å². The number of halogens is 1. The Labute approximate surface area is 201 Å². The van der Waals surface area contributed by atoms with Gasteiger partial charge in [-0.1, -0.05) is 34.1 Å². The lowest BCUT2D eigenvalue weighted by Crippen LogP contribution is -2.46. The molecule has 0 N–H and O–H groups in total. The molecule has 0 aromatic heterocycles. The van der Waals surface area contributed by atoms with Crippen molar-refractivity contribution < 1.29 is 19.3 Å². The van der Waals surface area contributed by atoms with E-state index in [2.05, 4.69) is 15.9 Å². The average molecular weight is 519 g/mol. The van der Waals surface area contributed by atoms with Crippen molar-refractivity contribution in [2.75, 3.05) is 4.90 Å². The van der Waals surface area contributed by atoms with Gasteiger partial charge in [-0.3, -0.25) is 24.5 Å². The normalized spacial score (nSPS) is 25.0. The van der Waals surface area contributed by atoms with Crippen LogP contribution < -0.4 is 4.90 Å². The topological polar surface area (TPSA) is 125 Å². The molecular weight excluding hydrogens is 504 g/mol. The zero-order valence-electron chi connectivity index (χ0n) is 17.4. The highest BCUT2D eigenvalue weighted by Gasteiger charge is 2.63. The van der Waals surface area contributed by atoms with Crippen molar-refractivity contribution in [3.05, 3.63) is 92.6 Å². The standard InChI is InChI=1S/C24H15BrN4O5/c25-15-4-2-5-16(11-15)28-23(31)19-18-9-13(12-26)7-8-27(18)21(20(19)24(28)32)22(30)14-3-1-6-17(10-14)29(33)34/h1-11,18-21H/t18-,19-,20-,21-/m1/s1. The molecule has 3 heterocycles. The third-order valence-electron chi connectivity index (χ3n) is 6.35. The van der Waals surface area contributed by atoms with Gasteiger partial charge in [-0.05, 0) is 30.4 Å². The summed E-state index contributed by atoms with van der Waals surface area (Å²) in [5.41, 5.74) is 0.526. The molecule has 0 aliphatic carbocycles. The summed E-state index contributed by atoms with van der Waals surface area (Å²) < 4.78 is 0.681. The molecule has 168 valence electrons. The van der Waals surface area contributed by atoms with Gasteiger partial charge in [-0.2, -0.15) is 5.26 Å². The number of nitrogens with zero attached hydrogens (tertiary/aromatic N) is 4. The maximum atomic E-state index is 13.6. The molecule has 0 bridgehead atoms. The number of anilines is 1. The van der Waals surface area contributed by atoms with Crippen molar-refractivity contribution in [1.82, 2.24) is 4.90 Å². The van der Waals surface area contributed by atoms with Gasteiger partial charge in [0.15, 0.2) is 5.78 Å². The quantitative estimate of drug-likeness (QED) is 0.263. The highest BCUT2D eigenvalue weighted by molar-refractivity contribution is 9.10. The van der Waals surface area contributed by atoms with E-state index in [-0.39, 0.29) is 11.3 Å². The summed E-state index contributed by atoms with van der Waals surface area (Å²) in [6.45, 7) is 0. The number of allylic oxidation sites excluding steroid dienone is 2. The second-order valence-corrected chi connectivity index (χ2v) is 9.06. The number of nitro benzene ring substituents is 1. The van der Waals surface area contributed by atoms with Crippen LogP contribution in [0.1, 0.15) is 10.4 Å². The zero-order valence-corrected chi connectivity index (χ0v) is 19.0. The molecule has 0 spiro atoms. The molecule has 4 atom stereocenters. The van der Waals surface area contributed by atoms with Crippen LogP contribution in [0, 0.1) is 33.3 Å². The molecular formula is C24H15BrN4O5. The van der Waals surface area contributed by atoms with Crippen molar-refractivity contribution in [3.8, 4) is 6.07 Å². The minimum Gasteiger partial charge on any atom is -0.359 e. The van der Waals surface area contributed by atoms with Crippen molar-refractivity contribution >= 4 is 44.9 Å². The molecule has 9 nitrogen and oxygen atoms in total. The first kappa shape index (κ1) is 21.7. The highest BCUT2D eigenvalue weighted by atomic mass is 79.9. The van der Waals surface area contributed by atoms with Gasteiger partial charge in [-0.25, -0.2) is 4.90 Å². The fourth-order valence-corrected chi connectivity index (χ4v) is 5.32. The van der Waals surface area contributed by atoms with Gasteiger partial charge in [0.1, 0.15) is 6.04 Å². The Balaban J connectivity index is 1.61. The molecule has 2 fully saturated rings. The summed E-state index contributed by atoms with van der Waals surface area (Å²) in [5.74, 6) is -3.38. The van der Waals surface area contributed by atoms with Crippen LogP contribution >= 0.6 is 15.9 Å². The number of benzene rings is 2. The van der Waals surface area contributed by atoms with Crippen molar-refractivity contribution in [2.24, 2.45) is 11.8 Å². The van der Waals surface area contributed by atoms with Crippen LogP contribution in [0.25, 0.3) is 0 Å². The Morgan fingerprint density at radius 2 is 1.82 bits per heavy atom. The number of non-ortho nitro benzene ring substituents is 1. The van der Waals surface area contributed by atoms with Crippen LogP contribution in [-0.2, 0) is 9.59 Å². The molecule has 10 heteroatoms. The predicted molar refractivity (Wildman–Crippen MR) is 123 cm³/mol. The van der Waals surface area contributed by atoms with Gasteiger partial charge in [-0.15, -0.1) is 0 Å². The van der Waals surface area contributed by atoms with Gasteiger partial charge in [0.25, 0.3) is 5.69 Å². The molecule has 2 aromatic rings. The van der Waals surface area contributed by atoms with E-state index >= 15 is 0 Å². The van der Waals surface area contributed by atoms with Crippen molar-refractivity contribution in [1.29, 1.82) is 5.26 Å². The molecule has 2 amide bonds. The predicted octanol–water partition coefficient (Wildman–Crippen LogP) is 3.38. The lowest BCUT2D eigenvalue weighted by molar-refractivity contribution is -0.384. The molecule has 2 aromatic carbocycles. The van der Waals surface area contributed by atoms with E-state index < -0.39 is 46.4 Å². The molecule has 0 saturated carbocycles. The first-order valence-corrected chi connectivity index (χ1v) is 11.1. The van der Waals surface area contributed by atoms with E-state index in [1.54, 1.807) is 41.4 Å². The SMILES string of the molecule is N#CC1=C[C@@H]2[C@H]3C(=O)N(c4cccc(Br)c4)C(=O)[C@H]3[C@H](C(=O)c3cccc([N+](=O)[O-])c3)N2C=C1. The van der Waals surface area contributed by atoms with Crippen LogP contribution in [0.4, 0.5) is 11.4 Å². The number of nitro groups is 1. The smallest absolute Gasteiger partial charge is 0.270 e. The molecule has 3 aliphatic heterocycles. The Bertz CT molecular complexity index is 1380. The van der Waals surface area contributed by atoms with Crippen molar-refractivity contribution in [2.45, 2.75) is 12.1 Å². The number of hydrogen-bond acceptors (Lipinski definition) is 7. The number of fused-ring (bicyclic) bond motifs is 3. The number of nitriles is 1. The number of ketones is 1. The van der Waals surface area contributed by atoms with Gasteiger partial charge in [0, 0.05) is 28.4 Å². The molecule has 0 unspecified atom stereocenters. The lowest BCUT2D eigenvalue weighted by atomic mass is 9.86. The number of carbonyl (C=O) groups is 3. The summed E-state index contributed by atoms with van der Waals surface area (Å²) in [6.07, 6.45) is 4.66. The maximum Gasteiger partial charge on any atom is 0.270 e. The Hall–Kier alpha value is -4.10. The average Bonchev–Trinajstić information content (AvgIpc) is 3.30. The van der Waals surface area contributed by atoms with Crippen LogP contribution in [-0.4, -0.2) is 39.5 Å². The molecule has 5 rings (SSSR count). The van der Waals surface area contributed by atoms with Crippen LogP contribution in [0.5, 0.6) is 0 Å². The lowest BCUT2D eigenvalue weighted by Gasteiger charge is -2.32. The molecule has 3 aliphatic rings. The second kappa shape index (κ2) is 8.04. The van der Waals surface area contributed by atoms with E-state index in [1.807, 2.05) is 6.07 Å². The Kier molecular flexibility index (Phi) is 5.14. The van der Waals surface area contributed by atoms with E-state index in [9.17, 15) is 29.8 Å². The fraction of sp³-hybridized carbons (Fsp3) is 0.167. The number of carbonyl (C=O) groups excluding carboxylic acids is 3. The number of rotatable bonds is 4. The Morgan fingerprint density at radius 1 is 1.09 bits per heavy atom. The monoisotopic (exact) mass is 518 g/mol. The first-order chi connectivity index (χ1) is 16.3. The van der Waals surface area contributed by atoms with E-state index in [4.69, 9.17) is 0 Å². The van der Waals surface area contributed by atoms with Gasteiger partial charge in [0.05, 0.1) is 40.1 Å². The number of amides is 2. The fourth-order valence-electron chi connectivity index (χ4n) is 4.93. The third-order valence-corrected chi connectivity index (χ3v) is 6.85. The number of imide groups is 1. The minimum atomic E-state index is -1.06. The largest absolute Gasteiger partial charge is 0.359 e. The van der Waals surface area contributed by atoms with Crippen LogP contribution in [0.3, 0.4) is 0 Å². The second-order valence-electron chi connectivity index (χ2n) is 8.15. The number of Topliss-reactive ketones (excluding diaryl/α,β-unsaturated/α-hetero) is 1. The minimum absolute atomic E-state index is 0.0724. The summed E-state index contributed by atoms with van der Waals surface area (Å²) in [6, 6.07) is 12.4. The van der Waals surface area contributed by atoms with E-state index in [0.29, 0.717) is 15.7 Å². The summed E-state index contributed by atoms with van der Waals surface area (Å²) >= 11 is 3.35. The first-order valence-electron chi connectivity index (χ1n) is 10.3. The molecule has 0 radical (unpaired) electrons. The van der Waals surface area contributed by atoms with Gasteiger partial charge in [0.2, 0.25) is 11.8 Å². The van der Waals surface area contributed by atoms with Crippen LogP contribution in [0.15, 0.2) is 76.9 Å². The molecule has 2 saturated heterocycles. The van der Waals surface area contributed by atoms with E-state index in [1.165, 1.54) is 30.3 Å². The number of hydrogen-bond donors (Lipinski definition) is 0. The summed E-state index contributed by atoms with van der Waals surface area (Å²) in [5, 5.41) is 20.6. The zero-order chi connectivity index (χ0) is 24.1. The highest BCUT2D eigenvalue weighted by Crippen LogP contribution is 2.47.